The Morgan fingerprint density at radius 1 is 1.25 bits per heavy atom. The summed E-state index contributed by atoms with van der Waals surface area (Å²) in [6.45, 7) is 7.92. The van der Waals surface area contributed by atoms with Crippen molar-refractivity contribution < 1.29 is 14.3 Å². The number of nitrogens with one attached hydrogen (secondary N) is 2. The normalized spacial score (nSPS) is 19.3. The van der Waals surface area contributed by atoms with Gasteiger partial charge >= 0.3 is 11.8 Å². The highest BCUT2D eigenvalue weighted by Crippen LogP contribution is 2.19. The lowest BCUT2D eigenvalue weighted by atomic mass is 10.1. The van der Waals surface area contributed by atoms with E-state index in [2.05, 4.69) is 29.4 Å². The maximum atomic E-state index is 12.1. The van der Waals surface area contributed by atoms with Crippen LogP contribution in [-0.2, 0) is 14.3 Å². The summed E-state index contributed by atoms with van der Waals surface area (Å²) in [5.41, 5.74) is 1.53. The Labute approximate surface area is 143 Å². The second-order valence-electron chi connectivity index (χ2n) is 6.51. The standard InChI is InChI=1S/C18H27N3O3/c1-12(2)21-9-8-16(11-21)20-18(23)17(22)19-15-7-5-6-14(10-15)13(3)24-4/h5-7,10,12-13,16H,8-9,11H2,1-4H3,(H,19,22)(H,20,23). The summed E-state index contributed by atoms with van der Waals surface area (Å²) in [6, 6.07) is 7.80. The second-order valence-corrected chi connectivity index (χ2v) is 6.51. The highest BCUT2D eigenvalue weighted by Gasteiger charge is 2.27. The average Bonchev–Trinajstić information content (AvgIpc) is 3.03. The predicted octanol–water partition coefficient (Wildman–Crippen LogP) is 1.93. The number of hydrogen-bond donors (Lipinski definition) is 2. The molecule has 1 aliphatic rings. The Morgan fingerprint density at radius 3 is 2.62 bits per heavy atom. The first-order valence-electron chi connectivity index (χ1n) is 8.39. The van der Waals surface area contributed by atoms with Crippen molar-refractivity contribution in [3.8, 4) is 0 Å². The second kappa shape index (κ2) is 8.26. The van der Waals surface area contributed by atoms with Crippen molar-refractivity contribution >= 4 is 17.5 Å². The van der Waals surface area contributed by atoms with E-state index in [0.717, 1.165) is 25.1 Å². The highest BCUT2D eigenvalue weighted by molar-refractivity contribution is 6.39. The molecule has 0 radical (unpaired) electrons. The number of methoxy groups -OCH3 is 1. The molecule has 1 aliphatic heterocycles. The van der Waals surface area contributed by atoms with Gasteiger partial charge in [0, 0.05) is 38.0 Å². The third-order valence-electron chi connectivity index (χ3n) is 4.46. The van der Waals surface area contributed by atoms with Crippen LogP contribution in [0.1, 0.15) is 38.9 Å². The SMILES string of the molecule is COC(C)c1cccc(NC(=O)C(=O)NC2CCN(C(C)C)C2)c1. The zero-order valence-corrected chi connectivity index (χ0v) is 14.8. The maximum absolute atomic E-state index is 12.1. The lowest BCUT2D eigenvalue weighted by Gasteiger charge is -2.20. The van der Waals surface area contributed by atoms with Gasteiger partial charge in [0.1, 0.15) is 0 Å². The Hall–Kier alpha value is -1.92. The van der Waals surface area contributed by atoms with Crippen molar-refractivity contribution in [1.29, 1.82) is 0 Å². The minimum absolute atomic E-state index is 0.0329. The van der Waals surface area contributed by atoms with Crippen molar-refractivity contribution in [2.75, 3.05) is 25.5 Å². The average molecular weight is 333 g/mol. The molecule has 24 heavy (non-hydrogen) atoms. The van der Waals surface area contributed by atoms with Crippen molar-refractivity contribution in [3.63, 3.8) is 0 Å². The molecule has 0 aromatic heterocycles. The molecule has 0 spiro atoms. The van der Waals surface area contributed by atoms with Crippen LogP contribution < -0.4 is 10.6 Å². The van der Waals surface area contributed by atoms with Gasteiger partial charge in [0.2, 0.25) is 0 Å². The lowest BCUT2D eigenvalue weighted by molar-refractivity contribution is -0.136. The quantitative estimate of drug-likeness (QED) is 0.808. The van der Waals surface area contributed by atoms with Gasteiger partial charge in [-0.05, 0) is 44.9 Å². The van der Waals surface area contributed by atoms with E-state index in [-0.39, 0.29) is 12.1 Å². The molecule has 2 N–H and O–H groups in total. The number of ether oxygens (including phenoxy) is 1. The molecule has 2 atom stereocenters. The number of hydrogen-bond acceptors (Lipinski definition) is 4. The third kappa shape index (κ3) is 4.79. The van der Waals surface area contributed by atoms with Crippen molar-refractivity contribution in [2.45, 2.75) is 45.4 Å². The summed E-state index contributed by atoms with van der Waals surface area (Å²) in [5, 5.41) is 5.46. The number of benzene rings is 1. The first kappa shape index (κ1) is 18.4. The zero-order chi connectivity index (χ0) is 17.7. The smallest absolute Gasteiger partial charge is 0.313 e. The number of rotatable bonds is 5. The molecule has 0 aliphatic carbocycles. The van der Waals surface area contributed by atoms with Crippen molar-refractivity contribution in [3.05, 3.63) is 29.8 Å². The molecular weight excluding hydrogens is 306 g/mol. The van der Waals surface area contributed by atoms with Gasteiger partial charge in [-0.2, -0.15) is 0 Å². The molecule has 1 heterocycles. The topological polar surface area (TPSA) is 70.7 Å². The van der Waals surface area contributed by atoms with Crippen molar-refractivity contribution in [2.24, 2.45) is 0 Å². The molecule has 6 heteroatoms. The van der Waals surface area contributed by atoms with Crippen LogP contribution in [0, 0.1) is 0 Å². The molecule has 132 valence electrons. The van der Waals surface area contributed by atoms with E-state index in [1.54, 1.807) is 13.2 Å². The first-order valence-corrected chi connectivity index (χ1v) is 8.39. The first-order chi connectivity index (χ1) is 11.4. The van der Waals surface area contributed by atoms with Crippen LogP contribution in [0.2, 0.25) is 0 Å². The molecule has 0 bridgehead atoms. The van der Waals surface area contributed by atoms with Crippen molar-refractivity contribution in [1.82, 2.24) is 10.2 Å². The summed E-state index contributed by atoms with van der Waals surface area (Å²) in [7, 11) is 1.63. The van der Waals surface area contributed by atoms with Crippen LogP contribution in [-0.4, -0.2) is 49.0 Å². The summed E-state index contributed by atoms with van der Waals surface area (Å²) in [4.78, 5) is 26.5. The zero-order valence-electron chi connectivity index (χ0n) is 14.8. The predicted molar refractivity (Wildman–Crippen MR) is 93.8 cm³/mol. The largest absolute Gasteiger partial charge is 0.377 e. The molecule has 1 aromatic carbocycles. The van der Waals surface area contributed by atoms with Gasteiger partial charge in [-0.15, -0.1) is 0 Å². The Kier molecular flexibility index (Phi) is 6.34. The number of carbonyl (C=O) groups excluding carboxylic acids is 2. The molecule has 1 aromatic rings. The molecule has 1 saturated heterocycles. The number of nitrogens with zero attached hydrogens (tertiary/aromatic N) is 1. The van der Waals surface area contributed by atoms with Crippen LogP contribution in [0.3, 0.4) is 0 Å². The van der Waals surface area contributed by atoms with Gasteiger partial charge in [0.15, 0.2) is 0 Å². The molecule has 2 rings (SSSR count). The fourth-order valence-electron chi connectivity index (χ4n) is 2.82. The van der Waals surface area contributed by atoms with E-state index in [9.17, 15) is 9.59 Å². The Bertz CT molecular complexity index is 589. The third-order valence-corrected chi connectivity index (χ3v) is 4.46. The Balaban J connectivity index is 1.89. The molecule has 0 saturated carbocycles. The van der Waals surface area contributed by atoms with Crippen LogP contribution >= 0.6 is 0 Å². The van der Waals surface area contributed by atoms with Crippen LogP contribution in [0.25, 0.3) is 0 Å². The van der Waals surface area contributed by atoms with Gasteiger partial charge < -0.3 is 15.4 Å². The van der Waals surface area contributed by atoms with Gasteiger partial charge in [-0.3, -0.25) is 14.5 Å². The molecule has 2 amide bonds. The molecule has 6 nitrogen and oxygen atoms in total. The van der Waals surface area contributed by atoms with Gasteiger partial charge in [0.25, 0.3) is 0 Å². The van der Waals surface area contributed by atoms with Gasteiger partial charge in [-0.25, -0.2) is 0 Å². The number of likely N-dealkylation sites (tertiary alicyclic amines) is 1. The minimum Gasteiger partial charge on any atom is -0.377 e. The van der Waals surface area contributed by atoms with Gasteiger partial charge in [0.05, 0.1) is 6.10 Å². The summed E-state index contributed by atoms with van der Waals surface area (Å²) in [5.74, 6) is -1.23. The summed E-state index contributed by atoms with van der Waals surface area (Å²) < 4.78 is 5.26. The van der Waals surface area contributed by atoms with Crippen LogP contribution in [0.5, 0.6) is 0 Å². The fourth-order valence-corrected chi connectivity index (χ4v) is 2.82. The van der Waals surface area contributed by atoms with Crippen LogP contribution in [0.4, 0.5) is 5.69 Å². The lowest BCUT2D eigenvalue weighted by Crippen LogP contribution is -2.43. The van der Waals surface area contributed by atoms with E-state index in [0.29, 0.717) is 11.7 Å². The highest BCUT2D eigenvalue weighted by atomic mass is 16.5. The monoisotopic (exact) mass is 333 g/mol. The van der Waals surface area contributed by atoms with Gasteiger partial charge in [-0.1, -0.05) is 12.1 Å². The summed E-state index contributed by atoms with van der Waals surface area (Å²) >= 11 is 0. The Morgan fingerprint density at radius 2 is 2.00 bits per heavy atom. The number of carbonyl (C=O) groups is 2. The van der Waals surface area contributed by atoms with Crippen LogP contribution in [0.15, 0.2) is 24.3 Å². The molecular formula is C18H27N3O3. The summed E-state index contributed by atoms with van der Waals surface area (Å²) in [6.07, 6.45) is 0.800. The maximum Gasteiger partial charge on any atom is 0.313 e. The van der Waals surface area contributed by atoms with E-state index in [1.165, 1.54) is 0 Å². The van der Waals surface area contributed by atoms with E-state index < -0.39 is 11.8 Å². The van der Waals surface area contributed by atoms with E-state index in [1.807, 2.05) is 25.1 Å². The number of anilines is 1. The molecule has 2 unspecified atom stereocenters. The van der Waals surface area contributed by atoms with E-state index in [4.69, 9.17) is 4.74 Å². The number of amides is 2. The minimum atomic E-state index is -0.639. The fraction of sp³-hybridized carbons (Fsp3) is 0.556. The van der Waals surface area contributed by atoms with E-state index >= 15 is 0 Å². The molecule has 1 fully saturated rings.